The van der Waals surface area contributed by atoms with Crippen LogP contribution in [0.1, 0.15) is 19.4 Å². The Hall–Kier alpha value is -1.11. The van der Waals surface area contributed by atoms with Crippen LogP contribution >= 0.6 is 0 Å². The lowest BCUT2D eigenvalue weighted by Gasteiger charge is -2.10. The average molecular weight is 284 g/mol. The number of nitrogens with one attached hydrogen (secondary N) is 2. The predicted octanol–water partition coefficient (Wildman–Crippen LogP) is 1.36. The van der Waals surface area contributed by atoms with E-state index in [-0.39, 0.29) is 12.6 Å². The number of hydrogen-bond acceptors (Lipinski definition) is 4. The highest BCUT2D eigenvalue weighted by molar-refractivity contribution is 7.89. The summed E-state index contributed by atoms with van der Waals surface area (Å²) in [5.41, 5.74) is 2.09. The molecule has 1 heterocycles. The van der Waals surface area contributed by atoms with Crippen molar-refractivity contribution in [2.24, 2.45) is 0 Å². The van der Waals surface area contributed by atoms with Crippen molar-refractivity contribution < 1.29 is 13.2 Å². The van der Waals surface area contributed by atoms with Crippen molar-refractivity contribution >= 4 is 15.7 Å². The minimum Gasteiger partial charge on any atom is -0.384 e. The number of fused-ring (bicyclic) bond motifs is 1. The van der Waals surface area contributed by atoms with Crippen LogP contribution in [0.15, 0.2) is 23.1 Å². The molecule has 0 saturated carbocycles. The van der Waals surface area contributed by atoms with Gasteiger partial charge in [0.2, 0.25) is 10.0 Å². The molecule has 0 bridgehead atoms. The molecule has 1 aliphatic rings. The summed E-state index contributed by atoms with van der Waals surface area (Å²) in [6.07, 6.45) is 0.977. The molecule has 2 rings (SSSR count). The van der Waals surface area contributed by atoms with E-state index in [9.17, 15) is 8.42 Å². The third-order valence-corrected chi connectivity index (χ3v) is 4.40. The van der Waals surface area contributed by atoms with Crippen molar-refractivity contribution in [2.75, 3.05) is 25.0 Å². The Balaban J connectivity index is 1.99. The van der Waals surface area contributed by atoms with Crippen LogP contribution < -0.4 is 10.0 Å². The van der Waals surface area contributed by atoms with Crippen molar-refractivity contribution in [2.45, 2.75) is 31.3 Å². The zero-order valence-electron chi connectivity index (χ0n) is 11.3. The Morgan fingerprint density at radius 1 is 1.42 bits per heavy atom. The number of ether oxygens (including phenoxy) is 1. The predicted molar refractivity (Wildman–Crippen MR) is 74.9 cm³/mol. The van der Waals surface area contributed by atoms with Crippen LogP contribution in [0.3, 0.4) is 0 Å². The van der Waals surface area contributed by atoms with Crippen LogP contribution in [-0.4, -0.2) is 34.2 Å². The lowest BCUT2D eigenvalue weighted by Crippen LogP contribution is -2.28. The molecule has 106 valence electrons. The smallest absolute Gasteiger partial charge is 0.240 e. The van der Waals surface area contributed by atoms with Gasteiger partial charge in [0.1, 0.15) is 0 Å². The first-order valence-electron chi connectivity index (χ1n) is 6.47. The van der Waals surface area contributed by atoms with Gasteiger partial charge in [-0.1, -0.05) is 0 Å². The Bertz CT molecular complexity index is 541. The van der Waals surface area contributed by atoms with Crippen LogP contribution in [0, 0.1) is 0 Å². The SMILES string of the molecule is CC(C)OCCNS(=O)(=O)c1ccc2c(c1)CCN2. The maximum absolute atomic E-state index is 12.1. The van der Waals surface area contributed by atoms with Gasteiger partial charge in [-0.2, -0.15) is 0 Å². The number of benzene rings is 1. The summed E-state index contributed by atoms with van der Waals surface area (Å²) in [5.74, 6) is 0. The molecular formula is C13H20N2O3S. The summed E-state index contributed by atoms with van der Waals surface area (Å²) in [6, 6.07) is 5.19. The van der Waals surface area contributed by atoms with E-state index in [4.69, 9.17) is 4.74 Å². The van der Waals surface area contributed by atoms with E-state index in [0.29, 0.717) is 11.5 Å². The molecule has 0 unspecified atom stereocenters. The summed E-state index contributed by atoms with van der Waals surface area (Å²) in [5, 5.41) is 3.21. The van der Waals surface area contributed by atoms with Crippen LogP contribution in [0.2, 0.25) is 0 Å². The highest BCUT2D eigenvalue weighted by Gasteiger charge is 2.17. The Morgan fingerprint density at radius 3 is 2.95 bits per heavy atom. The molecule has 19 heavy (non-hydrogen) atoms. The van der Waals surface area contributed by atoms with E-state index < -0.39 is 10.0 Å². The fraction of sp³-hybridized carbons (Fsp3) is 0.538. The number of sulfonamides is 1. The van der Waals surface area contributed by atoms with E-state index in [1.165, 1.54) is 0 Å². The van der Waals surface area contributed by atoms with Crippen LogP contribution in [0.4, 0.5) is 5.69 Å². The molecule has 2 N–H and O–H groups in total. The van der Waals surface area contributed by atoms with Crippen LogP contribution in [0.5, 0.6) is 0 Å². The molecule has 0 aliphatic carbocycles. The molecular weight excluding hydrogens is 264 g/mol. The van der Waals surface area contributed by atoms with Crippen molar-refractivity contribution in [3.05, 3.63) is 23.8 Å². The maximum atomic E-state index is 12.1. The van der Waals surface area contributed by atoms with E-state index in [1.807, 2.05) is 19.9 Å². The molecule has 5 nitrogen and oxygen atoms in total. The quantitative estimate of drug-likeness (QED) is 0.774. The zero-order valence-corrected chi connectivity index (χ0v) is 12.1. The molecule has 0 atom stereocenters. The zero-order chi connectivity index (χ0) is 13.9. The summed E-state index contributed by atoms with van der Waals surface area (Å²) < 4.78 is 32.0. The Kier molecular flexibility index (Phi) is 4.44. The minimum atomic E-state index is -3.44. The molecule has 6 heteroatoms. The molecule has 0 amide bonds. The van der Waals surface area contributed by atoms with Crippen LogP contribution in [-0.2, 0) is 21.2 Å². The molecule has 0 fully saturated rings. The van der Waals surface area contributed by atoms with E-state index in [1.54, 1.807) is 12.1 Å². The second kappa shape index (κ2) is 5.90. The second-order valence-electron chi connectivity index (χ2n) is 4.81. The maximum Gasteiger partial charge on any atom is 0.240 e. The summed E-state index contributed by atoms with van der Waals surface area (Å²) in [7, 11) is -3.44. The number of anilines is 1. The molecule has 1 aromatic rings. The summed E-state index contributed by atoms with van der Waals surface area (Å²) in [4.78, 5) is 0.319. The standard InChI is InChI=1S/C13H20N2O3S/c1-10(2)18-8-7-15-19(16,17)12-3-4-13-11(9-12)5-6-14-13/h3-4,9-10,14-15H,5-8H2,1-2H3. The van der Waals surface area contributed by atoms with E-state index in [0.717, 1.165) is 24.2 Å². The average Bonchev–Trinajstić information content (AvgIpc) is 2.81. The third kappa shape index (κ3) is 3.68. The number of rotatable bonds is 6. The van der Waals surface area contributed by atoms with Gasteiger partial charge in [-0.3, -0.25) is 0 Å². The highest BCUT2D eigenvalue weighted by Crippen LogP contribution is 2.24. The Labute approximate surface area is 114 Å². The normalized spacial score (nSPS) is 14.5. The van der Waals surface area contributed by atoms with Crippen molar-refractivity contribution in [1.82, 2.24) is 4.72 Å². The van der Waals surface area contributed by atoms with Crippen molar-refractivity contribution in [3.63, 3.8) is 0 Å². The first-order valence-corrected chi connectivity index (χ1v) is 7.95. The van der Waals surface area contributed by atoms with Gasteiger partial charge >= 0.3 is 0 Å². The van der Waals surface area contributed by atoms with Gasteiger partial charge in [0.05, 0.1) is 17.6 Å². The summed E-state index contributed by atoms with van der Waals surface area (Å²) in [6.45, 7) is 5.37. The lowest BCUT2D eigenvalue weighted by molar-refractivity contribution is 0.0834. The molecule has 1 aliphatic heterocycles. The van der Waals surface area contributed by atoms with E-state index >= 15 is 0 Å². The molecule has 0 aromatic heterocycles. The van der Waals surface area contributed by atoms with Crippen molar-refractivity contribution in [1.29, 1.82) is 0 Å². The fourth-order valence-corrected chi connectivity index (χ4v) is 3.07. The van der Waals surface area contributed by atoms with Gasteiger partial charge in [0, 0.05) is 18.8 Å². The van der Waals surface area contributed by atoms with Gasteiger partial charge in [0.25, 0.3) is 0 Å². The van der Waals surface area contributed by atoms with Gasteiger partial charge in [0.15, 0.2) is 0 Å². The number of hydrogen-bond donors (Lipinski definition) is 2. The Morgan fingerprint density at radius 2 is 2.21 bits per heavy atom. The highest BCUT2D eigenvalue weighted by atomic mass is 32.2. The second-order valence-corrected chi connectivity index (χ2v) is 6.58. The third-order valence-electron chi connectivity index (χ3n) is 2.94. The molecule has 0 radical (unpaired) electrons. The molecule has 0 saturated heterocycles. The largest absolute Gasteiger partial charge is 0.384 e. The van der Waals surface area contributed by atoms with Gasteiger partial charge in [-0.05, 0) is 44.0 Å². The van der Waals surface area contributed by atoms with Crippen molar-refractivity contribution in [3.8, 4) is 0 Å². The molecule has 1 aromatic carbocycles. The van der Waals surface area contributed by atoms with Gasteiger partial charge in [-0.15, -0.1) is 0 Å². The van der Waals surface area contributed by atoms with Gasteiger partial charge < -0.3 is 10.1 Å². The van der Waals surface area contributed by atoms with Crippen LogP contribution in [0.25, 0.3) is 0 Å². The lowest BCUT2D eigenvalue weighted by atomic mass is 10.2. The van der Waals surface area contributed by atoms with E-state index in [2.05, 4.69) is 10.0 Å². The van der Waals surface area contributed by atoms with Gasteiger partial charge in [-0.25, -0.2) is 13.1 Å². The fourth-order valence-electron chi connectivity index (χ4n) is 2.00. The topological polar surface area (TPSA) is 67.4 Å². The first kappa shape index (κ1) is 14.3. The minimum absolute atomic E-state index is 0.107. The first-order chi connectivity index (χ1) is 8.99. The monoisotopic (exact) mass is 284 g/mol. The summed E-state index contributed by atoms with van der Waals surface area (Å²) >= 11 is 0. The molecule has 0 spiro atoms.